The molecule has 0 aliphatic carbocycles. The Morgan fingerprint density at radius 2 is 1.72 bits per heavy atom. The van der Waals surface area contributed by atoms with Crippen LogP contribution in [0.1, 0.15) is 15.9 Å². The van der Waals surface area contributed by atoms with E-state index in [9.17, 15) is 26.8 Å². The number of hydrogen-bond acceptors (Lipinski definition) is 4. The molecule has 2 rings (SSSR count). The molecule has 0 unspecified atom stereocenters. The number of ketones is 1. The van der Waals surface area contributed by atoms with Gasteiger partial charge in [-0.3, -0.25) is 9.59 Å². The van der Waals surface area contributed by atoms with Crippen LogP contribution in [0.5, 0.6) is 0 Å². The Morgan fingerprint density at radius 3 is 2.28 bits per heavy atom. The molecule has 9 heteroatoms. The maximum Gasteiger partial charge on any atom is 0.341 e. The third-order valence-electron chi connectivity index (χ3n) is 3.23. The van der Waals surface area contributed by atoms with Crippen molar-refractivity contribution in [3.05, 3.63) is 59.7 Å². The van der Waals surface area contributed by atoms with Crippen LogP contribution < -0.4 is 5.32 Å². The van der Waals surface area contributed by atoms with Crippen LogP contribution in [0.2, 0.25) is 0 Å². The van der Waals surface area contributed by atoms with E-state index in [4.69, 9.17) is 0 Å². The Hall–Kier alpha value is -2.13. The summed E-state index contributed by atoms with van der Waals surface area (Å²) in [6, 6.07) is 10.8. The van der Waals surface area contributed by atoms with Crippen molar-refractivity contribution >= 4 is 43.1 Å². The zero-order chi connectivity index (χ0) is 18.6. The molecule has 0 heterocycles. The molecule has 0 saturated carbocycles. The molecular weight excluding hydrogens is 420 g/mol. The van der Waals surface area contributed by atoms with Crippen LogP contribution in [0.4, 0.5) is 14.5 Å². The summed E-state index contributed by atoms with van der Waals surface area (Å²) in [6.07, 6.45) is 0. The second kappa shape index (κ2) is 7.83. The summed E-state index contributed by atoms with van der Waals surface area (Å²) >= 11 is 2.95. The molecule has 1 N–H and O–H groups in total. The molecule has 1 amide bonds. The molecule has 0 atom stereocenters. The third kappa shape index (κ3) is 4.29. The number of halogens is 3. The van der Waals surface area contributed by atoms with Crippen LogP contribution in [-0.2, 0) is 14.6 Å². The van der Waals surface area contributed by atoms with Gasteiger partial charge in [-0.2, -0.15) is 8.78 Å². The SMILES string of the molecule is O=C(CBr)Nc1ccc(S(=O)(=O)C(F)F)cc1C(=O)c1ccccc1. The summed E-state index contributed by atoms with van der Waals surface area (Å²) in [6.45, 7) is 0. The fourth-order valence-corrected chi connectivity index (χ4v) is 2.91. The number of carbonyl (C=O) groups is 2. The summed E-state index contributed by atoms with van der Waals surface area (Å²) in [7, 11) is -4.87. The zero-order valence-corrected chi connectivity index (χ0v) is 15.0. The van der Waals surface area contributed by atoms with Gasteiger partial charge in [-0.1, -0.05) is 46.3 Å². The average Bonchev–Trinajstić information content (AvgIpc) is 2.61. The van der Waals surface area contributed by atoms with E-state index in [1.165, 1.54) is 12.1 Å². The molecule has 0 aliphatic rings. The van der Waals surface area contributed by atoms with E-state index in [0.29, 0.717) is 0 Å². The highest BCUT2D eigenvalue weighted by Crippen LogP contribution is 2.26. The van der Waals surface area contributed by atoms with Gasteiger partial charge in [0.1, 0.15) is 0 Å². The normalized spacial score (nSPS) is 11.4. The van der Waals surface area contributed by atoms with Gasteiger partial charge in [0.05, 0.1) is 15.9 Å². The van der Waals surface area contributed by atoms with Crippen molar-refractivity contribution in [3.8, 4) is 0 Å². The molecule has 2 aromatic rings. The minimum absolute atomic E-state index is 0.0338. The summed E-state index contributed by atoms with van der Waals surface area (Å²) in [5.41, 5.74) is 0.0668. The molecule has 0 radical (unpaired) electrons. The van der Waals surface area contributed by atoms with E-state index in [0.717, 1.165) is 18.2 Å². The Labute approximate surface area is 151 Å². The topological polar surface area (TPSA) is 80.3 Å². The highest BCUT2D eigenvalue weighted by molar-refractivity contribution is 9.09. The number of benzene rings is 2. The van der Waals surface area contributed by atoms with Gasteiger partial charge < -0.3 is 5.32 Å². The number of anilines is 1. The molecule has 0 spiro atoms. The van der Waals surface area contributed by atoms with Gasteiger partial charge in [0.2, 0.25) is 15.7 Å². The first-order valence-electron chi connectivity index (χ1n) is 6.89. The van der Waals surface area contributed by atoms with Gasteiger partial charge in [-0.05, 0) is 18.2 Å². The summed E-state index contributed by atoms with van der Waals surface area (Å²) in [5, 5.41) is 2.38. The molecule has 132 valence electrons. The quantitative estimate of drug-likeness (QED) is 0.562. The molecule has 25 heavy (non-hydrogen) atoms. The number of alkyl halides is 3. The number of amides is 1. The highest BCUT2D eigenvalue weighted by atomic mass is 79.9. The number of nitrogens with one attached hydrogen (secondary N) is 1. The number of hydrogen-bond donors (Lipinski definition) is 1. The first kappa shape index (κ1) is 19.2. The van der Waals surface area contributed by atoms with Gasteiger partial charge >= 0.3 is 5.76 Å². The fraction of sp³-hybridized carbons (Fsp3) is 0.125. The van der Waals surface area contributed by atoms with Crippen molar-refractivity contribution in [1.29, 1.82) is 0 Å². The number of rotatable bonds is 6. The average molecular weight is 432 g/mol. The summed E-state index contributed by atoms with van der Waals surface area (Å²) in [5.74, 6) is -4.70. The standard InChI is InChI=1S/C16H12BrF2NO4S/c17-9-14(21)20-13-7-6-11(25(23,24)16(18)19)8-12(13)15(22)10-4-2-1-3-5-10/h1-8,16H,9H2,(H,20,21). The van der Waals surface area contributed by atoms with Gasteiger partial charge in [-0.25, -0.2) is 8.42 Å². The number of carbonyl (C=O) groups excluding carboxylic acids is 2. The minimum atomic E-state index is -4.87. The molecular formula is C16H12BrF2NO4S. The lowest BCUT2D eigenvalue weighted by molar-refractivity contribution is -0.113. The van der Waals surface area contributed by atoms with E-state index in [1.807, 2.05) is 0 Å². The molecule has 0 aliphatic heterocycles. The third-order valence-corrected chi connectivity index (χ3v) is 5.12. The molecule has 0 saturated heterocycles. The van der Waals surface area contributed by atoms with E-state index < -0.39 is 32.2 Å². The predicted octanol–water partition coefficient (Wildman–Crippen LogP) is 3.25. The van der Waals surface area contributed by atoms with Crippen LogP contribution in [0.25, 0.3) is 0 Å². The lowest BCUT2D eigenvalue weighted by Crippen LogP contribution is -2.17. The van der Waals surface area contributed by atoms with E-state index in [1.54, 1.807) is 18.2 Å². The van der Waals surface area contributed by atoms with E-state index in [2.05, 4.69) is 21.2 Å². The van der Waals surface area contributed by atoms with Gasteiger partial charge in [0, 0.05) is 11.1 Å². The maximum atomic E-state index is 12.8. The largest absolute Gasteiger partial charge is 0.341 e. The molecule has 0 bridgehead atoms. The lowest BCUT2D eigenvalue weighted by atomic mass is 10.0. The summed E-state index contributed by atoms with van der Waals surface area (Å²) < 4.78 is 48.9. The Bertz CT molecular complexity index is 902. The Morgan fingerprint density at radius 1 is 1.08 bits per heavy atom. The van der Waals surface area contributed by atoms with Gasteiger partial charge in [-0.15, -0.1) is 0 Å². The first-order valence-corrected chi connectivity index (χ1v) is 9.56. The minimum Gasteiger partial charge on any atom is -0.325 e. The van der Waals surface area contributed by atoms with Crippen molar-refractivity contribution in [2.24, 2.45) is 0 Å². The van der Waals surface area contributed by atoms with Crippen LogP contribution in [0, 0.1) is 0 Å². The van der Waals surface area contributed by atoms with Crippen molar-refractivity contribution in [3.63, 3.8) is 0 Å². The molecule has 0 fully saturated rings. The maximum absolute atomic E-state index is 12.8. The van der Waals surface area contributed by atoms with Gasteiger partial charge in [0.15, 0.2) is 5.78 Å². The second-order valence-corrected chi connectivity index (χ2v) is 7.37. The first-order chi connectivity index (χ1) is 11.8. The van der Waals surface area contributed by atoms with Crippen LogP contribution in [0.3, 0.4) is 0 Å². The van der Waals surface area contributed by atoms with Crippen LogP contribution in [-0.4, -0.2) is 31.2 Å². The van der Waals surface area contributed by atoms with Crippen molar-refractivity contribution in [1.82, 2.24) is 0 Å². The smallest absolute Gasteiger partial charge is 0.325 e. The van der Waals surface area contributed by atoms with E-state index in [-0.39, 0.29) is 22.1 Å². The van der Waals surface area contributed by atoms with Crippen LogP contribution in [0.15, 0.2) is 53.4 Å². The fourth-order valence-electron chi connectivity index (χ4n) is 2.03. The zero-order valence-electron chi connectivity index (χ0n) is 12.6. The Balaban J connectivity index is 2.59. The van der Waals surface area contributed by atoms with Gasteiger partial charge in [0.25, 0.3) is 0 Å². The summed E-state index contributed by atoms with van der Waals surface area (Å²) in [4.78, 5) is 23.5. The number of sulfone groups is 1. The predicted molar refractivity (Wildman–Crippen MR) is 91.9 cm³/mol. The van der Waals surface area contributed by atoms with Crippen LogP contribution >= 0.6 is 15.9 Å². The van der Waals surface area contributed by atoms with E-state index >= 15 is 0 Å². The Kier molecular flexibility index (Phi) is 6.02. The molecule has 0 aromatic heterocycles. The second-order valence-electron chi connectivity index (χ2n) is 4.89. The monoisotopic (exact) mass is 431 g/mol. The lowest BCUT2D eigenvalue weighted by Gasteiger charge is -2.12. The van der Waals surface area contributed by atoms with Crippen molar-refractivity contribution in [2.75, 3.05) is 10.6 Å². The van der Waals surface area contributed by atoms with Crippen molar-refractivity contribution in [2.45, 2.75) is 10.7 Å². The molecule has 2 aromatic carbocycles. The van der Waals surface area contributed by atoms with Crippen molar-refractivity contribution < 1.29 is 26.8 Å². The molecule has 5 nitrogen and oxygen atoms in total. The highest BCUT2D eigenvalue weighted by Gasteiger charge is 2.28.